The Bertz CT molecular complexity index is 806. The van der Waals surface area contributed by atoms with Crippen molar-refractivity contribution in [2.75, 3.05) is 18.1 Å². The Morgan fingerprint density at radius 1 is 1.19 bits per heavy atom. The number of aryl methyl sites for hydroxylation is 1. The number of thioether (sulfide) groups is 1. The molecule has 13 heteroatoms. The molecule has 1 aliphatic heterocycles. The number of carbonyl (C=O) groups excluding carboxylic acids is 1. The maximum Gasteiger partial charge on any atom is 0.406 e. The number of aliphatic imine (C=N–C) groups is 1. The van der Waals surface area contributed by atoms with Crippen LogP contribution in [0.25, 0.3) is 0 Å². The molecule has 0 bridgehead atoms. The third-order valence-corrected chi connectivity index (χ3v) is 5.68. The summed E-state index contributed by atoms with van der Waals surface area (Å²) in [5.41, 5.74) is -0.628. The molecule has 1 aromatic rings. The number of hydrogen-bond donors (Lipinski definition) is 0. The third kappa shape index (κ3) is 5.92. The lowest BCUT2D eigenvalue weighted by Gasteiger charge is -2.18. The molecule has 27 heavy (non-hydrogen) atoms. The standard InChI is InChI=1S/C14H11F7N2O2S2/c1-7-2-8(15)9(3-10(7)27(25)6-14(19,20)21)22-12-23(5-13(16,17)18)11(24)4-26-12/h2-3H,4-6H2,1H3/t27-/m1/s1. The molecule has 1 amide bonds. The SMILES string of the molecule is Cc1cc(F)c(N=C2SCC(=O)N2CC(F)(F)F)cc1[S@](=O)CC(F)(F)F. The Balaban J connectivity index is 2.40. The number of rotatable bonds is 4. The zero-order valence-corrected chi connectivity index (χ0v) is 15.1. The molecule has 0 saturated carbocycles. The van der Waals surface area contributed by atoms with Gasteiger partial charge in [0.15, 0.2) is 5.17 Å². The van der Waals surface area contributed by atoms with E-state index in [-0.39, 0.29) is 16.2 Å². The Labute approximate surface area is 155 Å². The van der Waals surface area contributed by atoms with Gasteiger partial charge in [0, 0.05) is 4.90 Å². The van der Waals surface area contributed by atoms with Crippen LogP contribution in [0.3, 0.4) is 0 Å². The van der Waals surface area contributed by atoms with Gasteiger partial charge in [-0.2, -0.15) is 26.3 Å². The van der Waals surface area contributed by atoms with Gasteiger partial charge in [-0.1, -0.05) is 11.8 Å². The van der Waals surface area contributed by atoms with E-state index in [1.54, 1.807) is 0 Å². The summed E-state index contributed by atoms with van der Waals surface area (Å²) in [6.45, 7) is -0.384. The van der Waals surface area contributed by atoms with Crippen LogP contribution >= 0.6 is 11.8 Å². The Hall–Kier alpha value is -1.63. The summed E-state index contributed by atoms with van der Waals surface area (Å²) in [6.07, 6.45) is -9.44. The van der Waals surface area contributed by atoms with Crippen LogP contribution in [0.5, 0.6) is 0 Å². The second-order valence-corrected chi connectivity index (χ2v) is 7.81. The van der Waals surface area contributed by atoms with E-state index in [0.29, 0.717) is 16.7 Å². The second-order valence-electron chi connectivity index (χ2n) is 5.45. The fraction of sp³-hybridized carbons (Fsp3) is 0.429. The first-order valence-corrected chi connectivity index (χ1v) is 9.41. The molecule has 0 spiro atoms. The van der Waals surface area contributed by atoms with E-state index in [0.717, 1.165) is 12.1 Å². The first-order chi connectivity index (χ1) is 12.3. The van der Waals surface area contributed by atoms with Crippen LogP contribution in [0, 0.1) is 12.7 Å². The summed E-state index contributed by atoms with van der Waals surface area (Å²) in [5.74, 6) is -3.91. The number of amides is 1. The number of carbonyl (C=O) groups is 1. The molecule has 0 radical (unpaired) electrons. The fourth-order valence-corrected chi connectivity index (χ4v) is 4.13. The predicted octanol–water partition coefficient (Wildman–Crippen LogP) is 3.93. The molecule has 1 atom stereocenters. The van der Waals surface area contributed by atoms with Gasteiger partial charge in [-0.05, 0) is 24.6 Å². The smallest absolute Gasteiger partial charge is 0.281 e. The van der Waals surface area contributed by atoms with Crippen LogP contribution in [0.1, 0.15) is 5.56 Å². The molecule has 4 nitrogen and oxygen atoms in total. The maximum atomic E-state index is 14.1. The molecule has 0 N–H and O–H groups in total. The molecule has 0 aromatic heterocycles. The van der Waals surface area contributed by atoms with E-state index in [1.807, 2.05) is 0 Å². The Kier molecular flexibility index (Phi) is 6.24. The second kappa shape index (κ2) is 7.78. The van der Waals surface area contributed by atoms with Gasteiger partial charge in [0.05, 0.1) is 16.6 Å². The van der Waals surface area contributed by atoms with Crippen molar-refractivity contribution in [2.45, 2.75) is 24.2 Å². The first-order valence-electron chi connectivity index (χ1n) is 7.11. The number of amidine groups is 1. The number of benzene rings is 1. The number of hydrogen-bond acceptors (Lipinski definition) is 4. The van der Waals surface area contributed by atoms with E-state index in [1.165, 1.54) is 6.92 Å². The van der Waals surface area contributed by atoms with Crippen molar-refractivity contribution in [2.24, 2.45) is 4.99 Å². The van der Waals surface area contributed by atoms with Crippen molar-refractivity contribution in [1.29, 1.82) is 0 Å². The van der Waals surface area contributed by atoms with E-state index in [2.05, 4.69) is 4.99 Å². The molecule has 1 aromatic carbocycles. The van der Waals surface area contributed by atoms with Crippen molar-refractivity contribution in [3.63, 3.8) is 0 Å². The molecular formula is C14H11F7N2O2S2. The van der Waals surface area contributed by atoms with Gasteiger partial charge < -0.3 is 0 Å². The zero-order chi connectivity index (χ0) is 20.6. The quantitative estimate of drug-likeness (QED) is 0.673. The van der Waals surface area contributed by atoms with Crippen LogP contribution in [0.2, 0.25) is 0 Å². The molecule has 1 heterocycles. The predicted molar refractivity (Wildman–Crippen MR) is 85.8 cm³/mol. The zero-order valence-electron chi connectivity index (χ0n) is 13.4. The molecule has 150 valence electrons. The topological polar surface area (TPSA) is 49.7 Å². The Morgan fingerprint density at radius 2 is 1.81 bits per heavy atom. The molecule has 1 fully saturated rings. The van der Waals surface area contributed by atoms with E-state index >= 15 is 0 Å². The monoisotopic (exact) mass is 436 g/mol. The van der Waals surface area contributed by atoms with Crippen LogP contribution in [-0.4, -0.2) is 50.6 Å². The van der Waals surface area contributed by atoms with Crippen molar-refractivity contribution < 1.29 is 39.7 Å². The van der Waals surface area contributed by atoms with Crippen molar-refractivity contribution >= 4 is 39.3 Å². The summed E-state index contributed by atoms with van der Waals surface area (Å²) in [5, 5.41) is -0.437. The minimum atomic E-state index is -4.73. The van der Waals surface area contributed by atoms with Gasteiger partial charge in [0.1, 0.15) is 23.8 Å². The van der Waals surface area contributed by atoms with Crippen LogP contribution in [-0.2, 0) is 15.6 Å². The highest BCUT2D eigenvalue weighted by Gasteiger charge is 2.39. The average molecular weight is 436 g/mol. The van der Waals surface area contributed by atoms with E-state index < -0.39 is 58.0 Å². The molecular weight excluding hydrogens is 425 g/mol. The summed E-state index contributed by atoms with van der Waals surface area (Å²) in [4.78, 5) is 15.2. The van der Waals surface area contributed by atoms with Gasteiger partial charge in [-0.25, -0.2) is 9.38 Å². The lowest BCUT2D eigenvalue weighted by atomic mass is 10.2. The van der Waals surface area contributed by atoms with Gasteiger partial charge in [0.2, 0.25) is 5.91 Å². The molecule has 1 saturated heterocycles. The molecule has 1 aliphatic rings. The first kappa shape index (κ1) is 21.7. The molecule has 0 aliphatic carbocycles. The highest BCUT2D eigenvalue weighted by atomic mass is 32.2. The van der Waals surface area contributed by atoms with Crippen molar-refractivity contribution in [3.05, 3.63) is 23.5 Å². The number of nitrogens with zero attached hydrogens (tertiary/aromatic N) is 2. The van der Waals surface area contributed by atoms with Gasteiger partial charge >= 0.3 is 12.4 Å². The van der Waals surface area contributed by atoms with Crippen molar-refractivity contribution in [3.8, 4) is 0 Å². The van der Waals surface area contributed by atoms with Gasteiger partial charge in [-0.15, -0.1) is 0 Å². The normalized spacial score (nSPS) is 18.4. The minimum absolute atomic E-state index is 0.0265. The van der Waals surface area contributed by atoms with Crippen LogP contribution < -0.4 is 0 Å². The van der Waals surface area contributed by atoms with E-state index in [9.17, 15) is 39.7 Å². The highest BCUT2D eigenvalue weighted by molar-refractivity contribution is 8.15. The van der Waals surface area contributed by atoms with E-state index in [4.69, 9.17) is 0 Å². The average Bonchev–Trinajstić information content (AvgIpc) is 2.79. The highest BCUT2D eigenvalue weighted by Crippen LogP contribution is 2.31. The Morgan fingerprint density at radius 3 is 2.37 bits per heavy atom. The molecule has 2 rings (SSSR count). The lowest BCUT2D eigenvalue weighted by Crippen LogP contribution is -2.38. The summed E-state index contributed by atoms with van der Waals surface area (Å²) >= 11 is 0.635. The molecule has 0 unspecified atom stereocenters. The van der Waals surface area contributed by atoms with Crippen LogP contribution in [0.4, 0.5) is 36.4 Å². The summed E-state index contributed by atoms with van der Waals surface area (Å²) in [6, 6.07) is 1.58. The van der Waals surface area contributed by atoms with Gasteiger partial charge in [-0.3, -0.25) is 13.9 Å². The lowest BCUT2D eigenvalue weighted by molar-refractivity contribution is -0.150. The number of alkyl halides is 6. The third-order valence-electron chi connectivity index (χ3n) is 3.19. The van der Waals surface area contributed by atoms with Crippen molar-refractivity contribution in [1.82, 2.24) is 4.90 Å². The fourth-order valence-electron chi connectivity index (χ4n) is 2.12. The summed E-state index contributed by atoms with van der Waals surface area (Å²) in [7, 11) is -2.55. The summed E-state index contributed by atoms with van der Waals surface area (Å²) < 4.78 is 101. The maximum absolute atomic E-state index is 14.1. The minimum Gasteiger partial charge on any atom is -0.281 e. The van der Waals surface area contributed by atoms with Gasteiger partial charge in [0.25, 0.3) is 0 Å². The largest absolute Gasteiger partial charge is 0.406 e. The van der Waals surface area contributed by atoms with Crippen LogP contribution in [0.15, 0.2) is 22.0 Å². The number of halogens is 7.